The first-order valence-corrected chi connectivity index (χ1v) is 17.5. The zero-order chi connectivity index (χ0) is 35.5. The Kier molecular flexibility index (Phi) is 10.1. The second-order valence-electron chi connectivity index (χ2n) is 13.6. The van der Waals surface area contributed by atoms with E-state index in [0.29, 0.717) is 61.5 Å². The molecule has 264 valence electrons. The van der Waals surface area contributed by atoms with Crippen LogP contribution in [0.25, 0.3) is 10.9 Å². The maximum atomic E-state index is 14.2. The Morgan fingerprint density at radius 1 is 0.980 bits per heavy atom. The van der Waals surface area contributed by atoms with Crippen LogP contribution in [-0.2, 0) is 30.9 Å². The molecule has 2 aliphatic heterocycles. The highest BCUT2D eigenvalue weighted by molar-refractivity contribution is 6.06. The van der Waals surface area contributed by atoms with E-state index in [1.165, 1.54) is 6.42 Å². The summed E-state index contributed by atoms with van der Waals surface area (Å²) in [6.45, 7) is 8.07. The normalized spacial score (nSPS) is 15.6. The van der Waals surface area contributed by atoms with Crippen LogP contribution in [0.5, 0.6) is 17.4 Å². The first-order chi connectivity index (χ1) is 24.8. The van der Waals surface area contributed by atoms with Gasteiger partial charge in [0.2, 0.25) is 5.88 Å². The summed E-state index contributed by atoms with van der Waals surface area (Å²) in [5.74, 6) is 2.55. The first kappa shape index (κ1) is 34.4. The lowest BCUT2D eigenvalue weighted by Gasteiger charge is -2.25. The number of hydrogen-bond donors (Lipinski definition) is 0. The molecule has 0 radical (unpaired) electrons. The summed E-state index contributed by atoms with van der Waals surface area (Å²) in [6, 6.07) is 19.6. The van der Waals surface area contributed by atoms with Crippen molar-refractivity contribution in [2.24, 2.45) is 5.92 Å². The fourth-order valence-electron chi connectivity index (χ4n) is 7.18. The van der Waals surface area contributed by atoms with Gasteiger partial charge in [-0.3, -0.25) is 14.8 Å². The number of rotatable bonds is 12. The number of fused-ring (bicyclic) bond motifs is 3. The maximum absolute atomic E-state index is 14.2. The Morgan fingerprint density at radius 2 is 1.84 bits per heavy atom. The number of aryl methyl sites for hydroxylation is 2. The molecule has 0 saturated carbocycles. The third kappa shape index (κ3) is 7.52. The molecule has 0 N–H and O–H groups in total. The molecule has 7 rings (SSSR count). The third-order valence-corrected chi connectivity index (χ3v) is 10.0. The number of carbonyl (C=O) groups is 1. The monoisotopic (exact) mass is 687 g/mol. The number of amides is 1. The number of methoxy groups -OCH3 is 2. The molecule has 2 aromatic carbocycles. The highest BCUT2D eigenvalue weighted by Gasteiger charge is 2.25. The Bertz CT molecular complexity index is 2050. The quantitative estimate of drug-likeness (QED) is 0.140. The fourth-order valence-corrected chi connectivity index (χ4v) is 7.18. The lowest BCUT2D eigenvalue weighted by Crippen LogP contribution is -2.31. The van der Waals surface area contributed by atoms with Gasteiger partial charge in [0.25, 0.3) is 5.91 Å². The van der Waals surface area contributed by atoms with Crippen molar-refractivity contribution in [2.75, 3.05) is 45.9 Å². The van der Waals surface area contributed by atoms with Crippen LogP contribution in [0.4, 0.5) is 5.69 Å². The number of carbonyl (C=O) groups excluding carboxylic acids is 1. The largest absolute Gasteiger partial charge is 0.497 e. The molecular weight excluding hydrogens is 642 g/mol. The average molecular weight is 688 g/mol. The van der Waals surface area contributed by atoms with E-state index in [1.807, 2.05) is 56.3 Å². The smallest absolute Gasteiger partial charge is 0.260 e. The van der Waals surface area contributed by atoms with E-state index in [0.717, 1.165) is 75.6 Å². The van der Waals surface area contributed by atoms with Crippen molar-refractivity contribution in [1.82, 2.24) is 19.9 Å². The van der Waals surface area contributed by atoms with E-state index in [9.17, 15) is 4.79 Å². The van der Waals surface area contributed by atoms with Crippen molar-refractivity contribution in [3.8, 4) is 17.4 Å². The molecule has 0 aliphatic carbocycles. The molecule has 1 amide bonds. The predicted molar refractivity (Wildman–Crippen MR) is 197 cm³/mol. The van der Waals surface area contributed by atoms with Crippen LogP contribution < -0.4 is 19.1 Å². The summed E-state index contributed by atoms with van der Waals surface area (Å²) < 4.78 is 23.1. The molecule has 1 unspecified atom stereocenters. The number of ether oxygens (including phenoxy) is 4. The van der Waals surface area contributed by atoms with Crippen LogP contribution >= 0.6 is 0 Å². The summed E-state index contributed by atoms with van der Waals surface area (Å²) in [6.07, 6.45) is 4.42. The molecule has 0 spiro atoms. The van der Waals surface area contributed by atoms with Gasteiger partial charge in [-0.2, -0.15) is 0 Å². The van der Waals surface area contributed by atoms with Crippen LogP contribution in [0.15, 0.2) is 66.9 Å². The van der Waals surface area contributed by atoms with Crippen molar-refractivity contribution >= 4 is 22.5 Å². The second kappa shape index (κ2) is 15.0. The highest BCUT2D eigenvalue weighted by Crippen LogP contribution is 2.34. The summed E-state index contributed by atoms with van der Waals surface area (Å²) >= 11 is 0. The molecular formula is C41H45N5O5. The van der Waals surface area contributed by atoms with Crippen LogP contribution in [0.3, 0.4) is 0 Å². The molecule has 2 aliphatic rings. The van der Waals surface area contributed by atoms with Gasteiger partial charge >= 0.3 is 0 Å². The van der Waals surface area contributed by atoms with Crippen LogP contribution in [0.1, 0.15) is 62.5 Å². The molecule has 51 heavy (non-hydrogen) atoms. The van der Waals surface area contributed by atoms with E-state index < -0.39 is 0 Å². The van der Waals surface area contributed by atoms with E-state index in [-0.39, 0.29) is 5.91 Å². The van der Waals surface area contributed by atoms with Gasteiger partial charge in [0, 0.05) is 53.5 Å². The highest BCUT2D eigenvalue weighted by atomic mass is 16.5. The predicted octanol–water partition coefficient (Wildman–Crippen LogP) is 6.85. The first-order valence-electron chi connectivity index (χ1n) is 17.5. The zero-order valence-electron chi connectivity index (χ0n) is 30.1. The van der Waals surface area contributed by atoms with E-state index in [1.54, 1.807) is 25.3 Å². The van der Waals surface area contributed by atoms with Gasteiger partial charge in [-0.15, -0.1) is 0 Å². The van der Waals surface area contributed by atoms with Crippen molar-refractivity contribution in [2.45, 2.75) is 52.9 Å². The minimum atomic E-state index is -0.158. The van der Waals surface area contributed by atoms with Crippen molar-refractivity contribution in [1.29, 1.82) is 0 Å². The van der Waals surface area contributed by atoms with Crippen molar-refractivity contribution < 1.29 is 23.7 Å². The molecule has 1 saturated heterocycles. The van der Waals surface area contributed by atoms with E-state index in [4.69, 9.17) is 28.9 Å². The van der Waals surface area contributed by atoms with Gasteiger partial charge in [0.1, 0.15) is 11.5 Å². The molecule has 5 aromatic rings. The Morgan fingerprint density at radius 3 is 2.59 bits per heavy atom. The molecule has 0 bridgehead atoms. The molecule has 1 atom stereocenters. The zero-order valence-corrected chi connectivity index (χ0v) is 30.1. The number of pyridine rings is 3. The van der Waals surface area contributed by atoms with Crippen LogP contribution in [0, 0.1) is 19.8 Å². The standard InChI is InChI=1S/C41H45N5O5/c1-26-6-8-31(21-42-26)41(47)46(38-12-13-40(43-27(38)2)51-17-15-28-14-16-45(3)22-28)23-29-7-11-33-34-24-50-25-35(34)37(44-36(33)18-29)19-30-9-10-32(48-4)20-39(30)49-5/h6-13,18,20-21,28H,14-17,19,22-25H2,1-5H3. The number of hydrogen-bond acceptors (Lipinski definition) is 9. The van der Waals surface area contributed by atoms with Crippen molar-refractivity contribution in [3.05, 3.63) is 112 Å². The number of aromatic nitrogens is 3. The van der Waals surface area contributed by atoms with Gasteiger partial charge in [0.05, 0.1) is 68.7 Å². The number of anilines is 1. The molecule has 10 heteroatoms. The summed E-state index contributed by atoms with van der Waals surface area (Å²) in [5, 5.41) is 1.06. The van der Waals surface area contributed by atoms with Gasteiger partial charge in [0.15, 0.2) is 0 Å². The minimum absolute atomic E-state index is 0.158. The van der Waals surface area contributed by atoms with Gasteiger partial charge in [-0.05, 0) is 87.7 Å². The topological polar surface area (TPSA) is 99.1 Å². The van der Waals surface area contributed by atoms with Crippen LogP contribution in [-0.4, -0.2) is 66.7 Å². The maximum Gasteiger partial charge on any atom is 0.260 e. The third-order valence-electron chi connectivity index (χ3n) is 10.0. The summed E-state index contributed by atoms with van der Waals surface area (Å²) in [7, 11) is 5.48. The summed E-state index contributed by atoms with van der Waals surface area (Å²) in [4.78, 5) is 32.7. The van der Waals surface area contributed by atoms with Gasteiger partial charge in [-0.25, -0.2) is 4.98 Å². The Labute approximate surface area is 299 Å². The minimum Gasteiger partial charge on any atom is -0.497 e. The summed E-state index contributed by atoms with van der Waals surface area (Å²) in [5.41, 5.74) is 8.82. The second-order valence-corrected chi connectivity index (χ2v) is 13.6. The number of likely N-dealkylation sites (tertiary alicyclic amines) is 1. The van der Waals surface area contributed by atoms with E-state index >= 15 is 0 Å². The molecule has 3 aromatic heterocycles. The SMILES string of the molecule is COc1ccc(Cc2nc3cc(CN(C(=O)c4ccc(C)nc4)c4ccc(OCCC5CCN(C)C5)nc4C)ccc3c3c2COC3)c(OC)c1. The lowest BCUT2D eigenvalue weighted by molar-refractivity contribution is 0.0984. The number of nitrogens with zero attached hydrogens (tertiary/aromatic N) is 5. The molecule has 10 nitrogen and oxygen atoms in total. The van der Waals surface area contributed by atoms with Gasteiger partial charge < -0.3 is 28.7 Å². The molecule has 1 fully saturated rings. The molecule has 5 heterocycles. The Balaban J connectivity index is 1.19. The van der Waals surface area contributed by atoms with Crippen LogP contribution in [0.2, 0.25) is 0 Å². The van der Waals surface area contributed by atoms with Gasteiger partial charge in [-0.1, -0.05) is 18.2 Å². The Hall–Kier alpha value is -5.06. The number of benzene rings is 2. The fraction of sp³-hybridized carbons (Fsp3) is 0.366. The van der Waals surface area contributed by atoms with Crippen molar-refractivity contribution in [3.63, 3.8) is 0 Å². The average Bonchev–Trinajstić information content (AvgIpc) is 3.80. The van der Waals surface area contributed by atoms with E-state index in [2.05, 4.69) is 35.1 Å². The lowest BCUT2D eigenvalue weighted by atomic mass is 9.97.